The molecule has 3 atom stereocenters. The van der Waals surface area contributed by atoms with Crippen LogP contribution in [0.5, 0.6) is 0 Å². The van der Waals surface area contributed by atoms with Gasteiger partial charge in [0.15, 0.2) is 0 Å². The number of hydrogen-bond donors (Lipinski definition) is 2. The predicted octanol–water partition coefficient (Wildman–Crippen LogP) is 3.02. The number of carbonyl (C=O) groups excluding carboxylic acids is 1. The summed E-state index contributed by atoms with van der Waals surface area (Å²) in [6.07, 6.45) is 1.02. The SMILES string of the molecule is CC1CCNC(C)C1NC(=O)c1ccc(Cl)c(F)c1.Cl. The third kappa shape index (κ3) is 3.84. The molecule has 3 nitrogen and oxygen atoms in total. The second-order valence-corrected chi connectivity index (χ2v) is 5.54. The Morgan fingerprint density at radius 1 is 1.45 bits per heavy atom. The maximum absolute atomic E-state index is 13.3. The normalized spacial score (nSPS) is 25.7. The van der Waals surface area contributed by atoms with Crippen molar-refractivity contribution in [2.75, 3.05) is 6.54 Å². The highest BCUT2D eigenvalue weighted by atomic mass is 35.5. The molecule has 1 heterocycles. The molecule has 1 fully saturated rings. The molecule has 2 rings (SSSR count). The van der Waals surface area contributed by atoms with Crippen molar-refractivity contribution in [2.45, 2.75) is 32.4 Å². The minimum atomic E-state index is -0.572. The fourth-order valence-corrected chi connectivity index (χ4v) is 2.59. The molecule has 20 heavy (non-hydrogen) atoms. The second kappa shape index (κ2) is 7.25. The third-order valence-electron chi connectivity index (χ3n) is 3.70. The van der Waals surface area contributed by atoms with E-state index in [0.717, 1.165) is 13.0 Å². The first-order chi connectivity index (χ1) is 8.99. The van der Waals surface area contributed by atoms with Crippen LogP contribution in [-0.2, 0) is 0 Å². The van der Waals surface area contributed by atoms with Gasteiger partial charge in [-0.15, -0.1) is 12.4 Å². The lowest BCUT2D eigenvalue weighted by Gasteiger charge is -2.36. The van der Waals surface area contributed by atoms with Gasteiger partial charge in [-0.25, -0.2) is 4.39 Å². The van der Waals surface area contributed by atoms with Crippen molar-refractivity contribution in [3.05, 3.63) is 34.6 Å². The van der Waals surface area contributed by atoms with Crippen LogP contribution < -0.4 is 10.6 Å². The van der Waals surface area contributed by atoms with Gasteiger partial charge in [-0.3, -0.25) is 4.79 Å². The molecule has 2 N–H and O–H groups in total. The summed E-state index contributed by atoms with van der Waals surface area (Å²) in [4.78, 5) is 12.1. The molecule has 112 valence electrons. The summed E-state index contributed by atoms with van der Waals surface area (Å²) >= 11 is 5.61. The van der Waals surface area contributed by atoms with E-state index < -0.39 is 5.82 Å². The molecule has 1 saturated heterocycles. The molecule has 0 aliphatic carbocycles. The standard InChI is InChI=1S/C14H18ClFN2O.ClH/c1-8-5-6-17-9(2)13(8)18-14(19)10-3-4-11(15)12(16)7-10;/h3-4,7-9,13,17H,5-6H2,1-2H3,(H,18,19);1H. The van der Waals surface area contributed by atoms with Crippen molar-refractivity contribution in [3.8, 4) is 0 Å². The van der Waals surface area contributed by atoms with Gasteiger partial charge in [-0.05, 0) is 44.0 Å². The number of piperidine rings is 1. The van der Waals surface area contributed by atoms with E-state index >= 15 is 0 Å². The summed E-state index contributed by atoms with van der Waals surface area (Å²) in [7, 11) is 0. The van der Waals surface area contributed by atoms with Crippen LogP contribution in [0.2, 0.25) is 5.02 Å². The Labute approximate surface area is 129 Å². The molecular weight excluding hydrogens is 302 g/mol. The number of carbonyl (C=O) groups is 1. The minimum Gasteiger partial charge on any atom is -0.347 e. The van der Waals surface area contributed by atoms with Crippen LogP contribution in [0.4, 0.5) is 4.39 Å². The maximum atomic E-state index is 13.3. The Morgan fingerprint density at radius 2 is 2.15 bits per heavy atom. The van der Waals surface area contributed by atoms with Gasteiger partial charge in [0.05, 0.1) is 5.02 Å². The molecule has 0 bridgehead atoms. The van der Waals surface area contributed by atoms with Crippen LogP contribution in [0, 0.1) is 11.7 Å². The molecule has 1 amide bonds. The summed E-state index contributed by atoms with van der Waals surface area (Å²) in [5, 5.41) is 6.33. The van der Waals surface area contributed by atoms with E-state index in [4.69, 9.17) is 11.6 Å². The Balaban J connectivity index is 0.00000200. The highest BCUT2D eigenvalue weighted by Gasteiger charge is 2.28. The smallest absolute Gasteiger partial charge is 0.251 e. The van der Waals surface area contributed by atoms with E-state index in [9.17, 15) is 9.18 Å². The van der Waals surface area contributed by atoms with Crippen LogP contribution in [0.1, 0.15) is 30.6 Å². The average molecular weight is 321 g/mol. The fourth-order valence-electron chi connectivity index (χ4n) is 2.48. The van der Waals surface area contributed by atoms with Gasteiger partial charge in [0.25, 0.3) is 5.91 Å². The molecule has 1 aromatic carbocycles. The van der Waals surface area contributed by atoms with Crippen molar-refractivity contribution in [1.29, 1.82) is 0 Å². The maximum Gasteiger partial charge on any atom is 0.251 e. The minimum absolute atomic E-state index is 0. The Hall–Kier alpha value is -0.840. The number of hydrogen-bond acceptors (Lipinski definition) is 2. The molecule has 6 heteroatoms. The molecule has 0 saturated carbocycles. The molecular formula is C14H19Cl2FN2O. The lowest BCUT2D eigenvalue weighted by atomic mass is 9.89. The van der Waals surface area contributed by atoms with Gasteiger partial charge in [-0.1, -0.05) is 18.5 Å². The summed E-state index contributed by atoms with van der Waals surface area (Å²) in [6, 6.07) is 4.37. The lowest BCUT2D eigenvalue weighted by Crippen LogP contribution is -2.55. The van der Waals surface area contributed by atoms with Gasteiger partial charge in [0, 0.05) is 17.6 Å². The quantitative estimate of drug-likeness (QED) is 0.879. The van der Waals surface area contributed by atoms with Crippen molar-refractivity contribution >= 4 is 29.9 Å². The summed E-state index contributed by atoms with van der Waals surface area (Å²) in [5.41, 5.74) is 0.298. The van der Waals surface area contributed by atoms with Gasteiger partial charge >= 0.3 is 0 Å². The molecule has 1 aromatic rings. The van der Waals surface area contributed by atoms with Crippen LogP contribution in [0.25, 0.3) is 0 Å². The monoisotopic (exact) mass is 320 g/mol. The number of benzene rings is 1. The van der Waals surface area contributed by atoms with E-state index in [1.54, 1.807) is 0 Å². The van der Waals surface area contributed by atoms with Gasteiger partial charge in [-0.2, -0.15) is 0 Å². The highest BCUT2D eigenvalue weighted by Crippen LogP contribution is 2.18. The summed E-state index contributed by atoms with van der Waals surface area (Å²) in [6.45, 7) is 5.12. The lowest BCUT2D eigenvalue weighted by molar-refractivity contribution is 0.0897. The molecule has 0 radical (unpaired) electrons. The first-order valence-corrected chi connectivity index (χ1v) is 6.86. The largest absolute Gasteiger partial charge is 0.347 e. The van der Waals surface area contributed by atoms with Crippen molar-refractivity contribution < 1.29 is 9.18 Å². The van der Waals surface area contributed by atoms with Crippen LogP contribution in [-0.4, -0.2) is 24.5 Å². The first kappa shape index (κ1) is 17.2. The first-order valence-electron chi connectivity index (χ1n) is 6.48. The Kier molecular flexibility index (Phi) is 6.24. The van der Waals surface area contributed by atoms with Crippen LogP contribution in [0.3, 0.4) is 0 Å². The molecule has 1 aliphatic heterocycles. The van der Waals surface area contributed by atoms with Crippen molar-refractivity contribution in [3.63, 3.8) is 0 Å². The Bertz CT molecular complexity index is 474. The summed E-state index contributed by atoms with van der Waals surface area (Å²) < 4.78 is 13.3. The fraction of sp³-hybridized carbons (Fsp3) is 0.500. The van der Waals surface area contributed by atoms with Crippen LogP contribution >= 0.6 is 24.0 Å². The summed E-state index contributed by atoms with van der Waals surface area (Å²) in [5.74, 6) is -0.433. The molecule has 0 spiro atoms. The Morgan fingerprint density at radius 3 is 2.75 bits per heavy atom. The van der Waals surface area contributed by atoms with Gasteiger partial charge in [0.2, 0.25) is 0 Å². The third-order valence-corrected chi connectivity index (χ3v) is 4.00. The predicted molar refractivity (Wildman–Crippen MR) is 81.2 cm³/mol. The van der Waals surface area contributed by atoms with E-state index in [1.807, 2.05) is 6.92 Å². The zero-order valence-corrected chi connectivity index (χ0v) is 13.0. The molecule has 1 aliphatic rings. The van der Waals surface area contributed by atoms with Crippen LogP contribution in [0.15, 0.2) is 18.2 Å². The zero-order valence-electron chi connectivity index (χ0n) is 11.5. The van der Waals surface area contributed by atoms with E-state index in [0.29, 0.717) is 11.5 Å². The molecule has 0 aromatic heterocycles. The van der Waals surface area contributed by atoms with E-state index in [-0.39, 0.29) is 35.4 Å². The topological polar surface area (TPSA) is 41.1 Å². The molecule has 3 unspecified atom stereocenters. The highest BCUT2D eigenvalue weighted by molar-refractivity contribution is 6.30. The number of rotatable bonds is 2. The van der Waals surface area contributed by atoms with Gasteiger partial charge < -0.3 is 10.6 Å². The van der Waals surface area contributed by atoms with E-state index in [2.05, 4.69) is 17.6 Å². The van der Waals surface area contributed by atoms with Crippen molar-refractivity contribution in [1.82, 2.24) is 10.6 Å². The number of halogens is 3. The van der Waals surface area contributed by atoms with E-state index in [1.165, 1.54) is 18.2 Å². The number of nitrogens with one attached hydrogen (secondary N) is 2. The van der Waals surface area contributed by atoms with Gasteiger partial charge in [0.1, 0.15) is 5.82 Å². The van der Waals surface area contributed by atoms with Crippen molar-refractivity contribution in [2.24, 2.45) is 5.92 Å². The number of amides is 1. The average Bonchev–Trinajstić information content (AvgIpc) is 2.37. The second-order valence-electron chi connectivity index (χ2n) is 5.14. The zero-order chi connectivity index (χ0) is 14.0.